The van der Waals surface area contributed by atoms with Crippen LogP contribution in [0.5, 0.6) is 5.75 Å². The minimum absolute atomic E-state index is 0. The van der Waals surface area contributed by atoms with Gasteiger partial charge >= 0.3 is 0 Å². The Morgan fingerprint density at radius 3 is 2.67 bits per heavy atom. The van der Waals surface area contributed by atoms with Crippen molar-refractivity contribution in [2.24, 2.45) is 4.99 Å². The number of thiophene rings is 1. The first kappa shape index (κ1) is 23.2. The van der Waals surface area contributed by atoms with E-state index in [2.05, 4.69) is 44.7 Å². The number of benzene rings is 1. The molecule has 1 atom stereocenters. The normalized spacial score (nSPS) is 11.9. The lowest BCUT2D eigenvalue weighted by molar-refractivity contribution is -0.114. The van der Waals surface area contributed by atoms with Gasteiger partial charge in [0.25, 0.3) is 0 Å². The van der Waals surface area contributed by atoms with Gasteiger partial charge < -0.3 is 20.7 Å². The number of amides is 1. The van der Waals surface area contributed by atoms with Crippen molar-refractivity contribution in [3.05, 3.63) is 46.2 Å². The molecule has 0 bridgehead atoms. The summed E-state index contributed by atoms with van der Waals surface area (Å²) in [7, 11) is 3.33. The highest BCUT2D eigenvalue weighted by Gasteiger charge is 2.09. The number of methoxy groups -OCH3 is 1. The minimum Gasteiger partial charge on any atom is -0.495 e. The second kappa shape index (κ2) is 11.8. The van der Waals surface area contributed by atoms with Gasteiger partial charge in [-0.15, -0.1) is 24.0 Å². The third-order valence-corrected chi connectivity index (χ3v) is 4.65. The van der Waals surface area contributed by atoms with Crippen molar-refractivity contribution in [3.63, 3.8) is 0 Å². The van der Waals surface area contributed by atoms with Gasteiger partial charge in [0.1, 0.15) is 5.75 Å². The molecule has 3 N–H and O–H groups in total. The molecule has 6 nitrogen and oxygen atoms in total. The fraction of sp³-hybridized carbons (Fsp3) is 0.368. The predicted molar refractivity (Wildman–Crippen MR) is 124 cm³/mol. The quantitative estimate of drug-likeness (QED) is 0.306. The van der Waals surface area contributed by atoms with Crippen molar-refractivity contribution in [3.8, 4) is 5.75 Å². The average Bonchev–Trinajstić information content (AvgIpc) is 3.16. The number of guanidine groups is 1. The van der Waals surface area contributed by atoms with Crippen molar-refractivity contribution in [1.29, 1.82) is 0 Å². The summed E-state index contributed by atoms with van der Waals surface area (Å²) in [6, 6.07) is 7.85. The average molecular weight is 502 g/mol. The number of nitrogens with one attached hydrogen (secondary N) is 3. The molecular weight excluding hydrogens is 475 g/mol. The molecule has 0 saturated heterocycles. The number of halogens is 1. The second-order valence-electron chi connectivity index (χ2n) is 5.98. The first-order chi connectivity index (χ1) is 12.5. The molecule has 0 saturated carbocycles. The van der Waals surface area contributed by atoms with Crippen molar-refractivity contribution in [2.45, 2.75) is 26.3 Å². The van der Waals surface area contributed by atoms with Crippen LogP contribution in [0.3, 0.4) is 0 Å². The summed E-state index contributed by atoms with van der Waals surface area (Å²) in [5, 5.41) is 13.7. The SMILES string of the molecule is CN=C(NCc1ccc(OC)c(NC(C)=O)c1)NCC(C)c1ccsc1.I. The van der Waals surface area contributed by atoms with Gasteiger partial charge in [0.2, 0.25) is 5.91 Å². The molecule has 0 spiro atoms. The maximum absolute atomic E-state index is 11.3. The van der Waals surface area contributed by atoms with E-state index in [0.717, 1.165) is 18.1 Å². The first-order valence-corrected chi connectivity index (χ1v) is 9.39. The van der Waals surface area contributed by atoms with E-state index in [0.29, 0.717) is 23.9 Å². The molecule has 0 aliphatic heterocycles. The number of hydrogen-bond acceptors (Lipinski definition) is 4. The van der Waals surface area contributed by atoms with Gasteiger partial charge in [-0.05, 0) is 46.0 Å². The molecular formula is C19H27IN4O2S. The molecule has 1 amide bonds. The summed E-state index contributed by atoms with van der Waals surface area (Å²) >= 11 is 1.71. The Morgan fingerprint density at radius 2 is 2.07 bits per heavy atom. The summed E-state index contributed by atoms with van der Waals surface area (Å²) in [5.41, 5.74) is 3.00. The lowest BCUT2D eigenvalue weighted by Gasteiger charge is -2.16. The van der Waals surface area contributed by atoms with Crippen molar-refractivity contribution < 1.29 is 9.53 Å². The van der Waals surface area contributed by atoms with E-state index in [1.54, 1.807) is 25.5 Å². The van der Waals surface area contributed by atoms with Crippen LogP contribution in [0.25, 0.3) is 0 Å². The van der Waals surface area contributed by atoms with E-state index in [1.807, 2.05) is 18.2 Å². The molecule has 27 heavy (non-hydrogen) atoms. The fourth-order valence-electron chi connectivity index (χ4n) is 2.48. The van der Waals surface area contributed by atoms with E-state index in [9.17, 15) is 4.79 Å². The van der Waals surface area contributed by atoms with Crippen molar-refractivity contribution in [2.75, 3.05) is 26.0 Å². The maximum Gasteiger partial charge on any atom is 0.221 e. The van der Waals surface area contributed by atoms with Gasteiger partial charge in [-0.2, -0.15) is 11.3 Å². The zero-order valence-electron chi connectivity index (χ0n) is 16.0. The summed E-state index contributed by atoms with van der Waals surface area (Å²) in [6.45, 7) is 5.05. The Hall–Kier alpha value is -1.81. The first-order valence-electron chi connectivity index (χ1n) is 8.44. The zero-order valence-corrected chi connectivity index (χ0v) is 19.2. The Balaban J connectivity index is 0.00000364. The Labute approximate surface area is 181 Å². The van der Waals surface area contributed by atoms with E-state index in [1.165, 1.54) is 12.5 Å². The third kappa shape index (κ3) is 7.37. The number of carbonyl (C=O) groups excluding carboxylic acids is 1. The topological polar surface area (TPSA) is 74.8 Å². The van der Waals surface area contributed by atoms with E-state index in [4.69, 9.17) is 4.74 Å². The number of rotatable bonds is 7. The van der Waals surface area contributed by atoms with E-state index in [-0.39, 0.29) is 29.9 Å². The lowest BCUT2D eigenvalue weighted by atomic mass is 10.1. The summed E-state index contributed by atoms with van der Waals surface area (Å²) in [5.74, 6) is 1.65. The Bertz CT molecular complexity index is 750. The molecule has 0 fully saturated rings. The van der Waals surface area contributed by atoms with Crippen LogP contribution in [0.4, 0.5) is 5.69 Å². The molecule has 0 aliphatic rings. The van der Waals surface area contributed by atoms with Crippen LogP contribution in [0.1, 0.15) is 30.9 Å². The Kier molecular flexibility index (Phi) is 10.2. The van der Waals surface area contributed by atoms with Gasteiger partial charge in [-0.1, -0.05) is 13.0 Å². The van der Waals surface area contributed by atoms with Gasteiger partial charge in [0.15, 0.2) is 5.96 Å². The second-order valence-corrected chi connectivity index (χ2v) is 6.76. The van der Waals surface area contributed by atoms with Crippen molar-refractivity contribution >= 4 is 52.9 Å². The summed E-state index contributed by atoms with van der Waals surface area (Å²) in [6.07, 6.45) is 0. The summed E-state index contributed by atoms with van der Waals surface area (Å²) in [4.78, 5) is 15.6. The molecule has 1 aromatic carbocycles. The lowest BCUT2D eigenvalue weighted by Crippen LogP contribution is -2.38. The van der Waals surface area contributed by atoms with Crippen LogP contribution in [-0.2, 0) is 11.3 Å². The molecule has 2 aromatic rings. The number of aliphatic imine (C=N–C) groups is 1. The highest BCUT2D eigenvalue weighted by Crippen LogP contribution is 2.25. The molecule has 148 valence electrons. The predicted octanol–water partition coefficient (Wildman–Crippen LogP) is 3.80. The van der Waals surface area contributed by atoms with Gasteiger partial charge in [0, 0.05) is 27.1 Å². The maximum atomic E-state index is 11.3. The van der Waals surface area contributed by atoms with Crippen LogP contribution in [0.2, 0.25) is 0 Å². The molecule has 8 heteroatoms. The van der Waals surface area contributed by atoms with Crippen LogP contribution in [0.15, 0.2) is 40.0 Å². The molecule has 1 aromatic heterocycles. The Morgan fingerprint density at radius 1 is 1.30 bits per heavy atom. The fourth-order valence-corrected chi connectivity index (χ4v) is 3.26. The zero-order chi connectivity index (χ0) is 18.9. The van der Waals surface area contributed by atoms with Crippen molar-refractivity contribution in [1.82, 2.24) is 10.6 Å². The number of anilines is 1. The number of nitrogens with zero attached hydrogens (tertiary/aromatic N) is 1. The number of ether oxygens (including phenoxy) is 1. The molecule has 1 unspecified atom stereocenters. The largest absolute Gasteiger partial charge is 0.495 e. The van der Waals surface area contributed by atoms with E-state index >= 15 is 0 Å². The third-order valence-electron chi connectivity index (χ3n) is 3.95. The molecule has 0 radical (unpaired) electrons. The van der Waals surface area contributed by atoms with Crippen LogP contribution in [-0.4, -0.2) is 32.6 Å². The molecule has 1 heterocycles. The van der Waals surface area contributed by atoms with Gasteiger partial charge in [-0.3, -0.25) is 9.79 Å². The van der Waals surface area contributed by atoms with Gasteiger partial charge in [-0.25, -0.2) is 0 Å². The number of hydrogen-bond donors (Lipinski definition) is 3. The van der Waals surface area contributed by atoms with Crippen LogP contribution < -0.4 is 20.7 Å². The van der Waals surface area contributed by atoms with E-state index < -0.39 is 0 Å². The smallest absolute Gasteiger partial charge is 0.221 e. The highest BCUT2D eigenvalue weighted by molar-refractivity contribution is 14.0. The molecule has 2 rings (SSSR count). The van der Waals surface area contributed by atoms with Crippen LogP contribution in [0, 0.1) is 0 Å². The van der Waals surface area contributed by atoms with Crippen LogP contribution >= 0.6 is 35.3 Å². The minimum atomic E-state index is -0.131. The van der Waals surface area contributed by atoms with Gasteiger partial charge in [0.05, 0.1) is 12.8 Å². The highest BCUT2D eigenvalue weighted by atomic mass is 127. The number of carbonyl (C=O) groups is 1. The summed E-state index contributed by atoms with van der Waals surface area (Å²) < 4.78 is 5.28. The standard InChI is InChI=1S/C19H26N4O2S.HI/c1-13(16-7-8-26-12-16)10-21-19(20-3)22-11-15-5-6-18(25-4)17(9-15)23-14(2)24;/h5-9,12-13H,10-11H2,1-4H3,(H,23,24)(H2,20,21,22);1H. The monoisotopic (exact) mass is 502 g/mol. The molecule has 0 aliphatic carbocycles.